The van der Waals surface area contributed by atoms with Crippen molar-refractivity contribution in [2.75, 3.05) is 25.0 Å². The van der Waals surface area contributed by atoms with Gasteiger partial charge in [0.25, 0.3) is 5.91 Å². The Morgan fingerprint density at radius 3 is 2.73 bits per heavy atom. The van der Waals surface area contributed by atoms with E-state index in [9.17, 15) is 19.2 Å². The molecule has 5 amide bonds. The van der Waals surface area contributed by atoms with Gasteiger partial charge in [-0.3, -0.25) is 19.8 Å². The number of rotatable bonds is 6. The first-order valence-corrected chi connectivity index (χ1v) is 11.8. The van der Waals surface area contributed by atoms with E-state index < -0.39 is 11.6 Å². The molecule has 1 atom stereocenters. The molecule has 1 unspecified atom stereocenters. The standard InChI is InChI=1S/C23H32N6O4/c1-16-7-5-9-18(24-16)25-20(31)17-8-6-13-28(15-17)14-10-19(30)27-29-21(32)23(26-22(29)33)11-3-2-4-12-23/h5,7,9,17H,2-4,6,8,10-15H2,1H3,(H,26,33)(H,27,30)(H,24,25,31). The lowest BCUT2D eigenvalue weighted by atomic mass is 9.82. The molecule has 1 saturated carbocycles. The van der Waals surface area contributed by atoms with Crippen molar-refractivity contribution in [2.24, 2.45) is 5.92 Å². The van der Waals surface area contributed by atoms with Crippen LogP contribution in [0.5, 0.6) is 0 Å². The maximum Gasteiger partial charge on any atom is 0.344 e. The average Bonchev–Trinajstić information content (AvgIpc) is 3.02. The molecule has 178 valence electrons. The molecule has 1 spiro atoms. The molecule has 3 heterocycles. The van der Waals surface area contributed by atoms with Crippen LogP contribution in [0.15, 0.2) is 18.2 Å². The molecule has 4 rings (SSSR count). The minimum atomic E-state index is -0.859. The number of hydrogen-bond donors (Lipinski definition) is 3. The summed E-state index contributed by atoms with van der Waals surface area (Å²) in [6.45, 7) is 3.67. The van der Waals surface area contributed by atoms with Crippen molar-refractivity contribution >= 4 is 29.6 Å². The number of anilines is 1. The van der Waals surface area contributed by atoms with Gasteiger partial charge in [0, 0.05) is 25.2 Å². The Bertz CT molecular complexity index is 929. The minimum Gasteiger partial charge on any atom is -0.322 e. The number of aromatic nitrogens is 1. The average molecular weight is 457 g/mol. The van der Waals surface area contributed by atoms with E-state index in [4.69, 9.17) is 0 Å². The second-order valence-corrected chi connectivity index (χ2v) is 9.29. The molecule has 1 aromatic heterocycles. The molecule has 2 aliphatic heterocycles. The van der Waals surface area contributed by atoms with Crippen LogP contribution in [-0.4, -0.2) is 63.8 Å². The zero-order chi connectivity index (χ0) is 23.4. The number of carbonyl (C=O) groups is 4. The summed E-state index contributed by atoms with van der Waals surface area (Å²) < 4.78 is 0. The van der Waals surface area contributed by atoms with Crippen LogP contribution in [0.1, 0.15) is 57.1 Å². The molecular weight excluding hydrogens is 424 g/mol. The second kappa shape index (κ2) is 9.86. The van der Waals surface area contributed by atoms with Gasteiger partial charge in [0.2, 0.25) is 11.8 Å². The van der Waals surface area contributed by atoms with Gasteiger partial charge in [0.05, 0.1) is 5.92 Å². The smallest absolute Gasteiger partial charge is 0.322 e. The Labute approximate surface area is 193 Å². The Balaban J connectivity index is 1.25. The van der Waals surface area contributed by atoms with Gasteiger partial charge in [-0.2, -0.15) is 5.01 Å². The highest BCUT2D eigenvalue weighted by atomic mass is 16.2. The number of aryl methyl sites for hydroxylation is 1. The van der Waals surface area contributed by atoms with Crippen LogP contribution >= 0.6 is 0 Å². The molecular formula is C23H32N6O4. The topological polar surface area (TPSA) is 124 Å². The summed E-state index contributed by atoms with van der Waals surface area (Å²) in [6, 6.07) is 4.93. The fourth-order valence-electron chi connectivity index (χ4n) is 4.97. The third-order valence-corrected chi connectivity index (χ3v) is 6.78. The SMILES string of the molecule is Cc1cccc(NC(=O)C2CCCN(CCC(=O)NN3C(=O)NC4(CCCCC4)C3=O)C2)n1. The van der Waals surface area contributed by atoms with Crippen molar-refractivity contribution in [1.29, 1.82) is 0 Å². The summed E-state index contributed by atoms with van der Waals surface area (Å²) in [6.07, 6.45) is 5.82. The normalized spacial score (nSPS) is 22.8. The number of hydrogen-bond acceptors (Lipinski definition) is 6. The number of piperidine rings is 1. The third-order valence-electron chi connectivity index (χ3n) is 6.78. The number of urea groups is 1. The maximum atomic E-state index is 12.8. The van der Waals surface area contributed by atoms with E-state index in [-0.39, 0.29) is 30.1 Å². The lowest BCUT2D eigenvalue weighted by molar-refractivity contribution is -0.140. The first-order chi connectivity index (χ1) is 15.9. The van der Waals surface area contributed by atoms with Gasteiger partial charge in [0.15, 0.2) is 0 Å². The van der Waals surface area contributed by atoms with Crippen molar-refractivity contribution in [1.82, 2.24) is 25.6 Å². The molecule has 2 saturated heterocycles. The van der Waals surface area contributed by atoms with E-state index >= 15 is 0 Å². The summed E-state index contributed by atoms with van der Waals surface area (Å²) in [5.74, 6) is -0.455. The summed E-state index contributed by atoms with van der Waals surface area (Å²) in [7, 11) is 0. The molecule has 33 heavy (non-hydrogen) atoms. The molecule has 3 aliphatic rings. The van der Waals surface area contributed by atoms with Crippen molar-refractivity contribution in [2.45, 2.75) is 63.8 Å². The minimum absolute atomic E-state index is 0.0700. The molecule has 1 aromatic rings. The summed E-state index contributed by atoms with van der Waals surface area (Å²) in [5.41, 5.74) is 2.46. The maximum absolute atomic E-state index is 12.8. The van der Waals surface area contributed by atoms with Crippen molar-refractivity contribution in [3.05, 3.63) is 23.9 Å². The highest BCUT2D eigenvalue weighted by Gasteiger charge is 2.52. The van der Waals surface area contributed by atoms with Crippen LogP contribution in [0.4, 0.5) is 10.6 Å². The largest absolute Gasteiger partial charge is 0.344 e. The van der Waals surface area contributed by atoms with Gasteiger partial charge in [-0.1, -0.05) is 25.3 Å². The Morgan fingerprint density at radius 1 is 1.18 bits per heavy atom. The van der Waals surface area contributed by atoms with Crippen molar-refractivity contribution in [3.8, 4) is 0 Å². The lowest BCUT2D eigenvalue weighted by Gasteiger charge is -2.32. The number of pyridine rings is 1. The van der Waals surface area contributed by atoms with Crippen molar-refractivity contribution < 1.29 is 19.2 Å². The number of amides is 5. The van der Waals surface area contributed by atoms with E-state index in [1.54, 1.807) is 6.07 Å². The van der Waals surface area contributed by atoms with Crippen LogP contribution < -0.4 is 16.1 Å². The number of carbonyl (C=O) groups excluding carboxylic acids is 4. The van der Waals surface area contributed by atoms with E-state index in [0.717, 1.165) is 49.4 Å². The summed E-state index contributed by atoms with van der Waals surface area (Å²) >= 11 is 0. The van der Waals surface area contributed by atoms with Crippen LogP contribution in [0.3, 0.4) is 0 Å². The number of likely N-dealkylation sites (tertiary alicyclic amines) is 1. The quantitative estimate of drug-likeness (QED) is 0.560. The first-order valence-electron chi connectivity index (χ1n) is 11.8. The summed E-state index contributed by atoms with van der Waals surface area (Å²) in [5, 5.41) is 6.51. The zero-order valence-electron chi connectivity index (χ0n) is 19.1. The Kier molecular flexibility index (Phi) is 6.92. The number of imide groups is 1. The first kappa shape index (κ1) is 23.2. The number of nitrogens with one attached hydrogen (secondary N) is 3. The molecule has 10 heteroatoms. The summed E-state index contributed by atoms with van der Waals surface area (Å²) in [4.78, 5) is 56.6. The van der Waals surface area contributed by atoms with Gasteiger partial charge in [-0.15, -0.1) is 0 Å². The Hall–Kier alpha value is -3.01. The van der Waals surface area contributed by atoms with Gasteiger partial charge < -0.3 is 15.5 Å². The van der Waals surface area contributed by atoms with E-state index in [1.165, 1.54) is 0 Å². The van der Waals surface area contributed by atoms with Crippen LogP contribution in [-0.2, 0) is 14.4 Å². The zero-order valence-corrected chi connectivity index (χ0v) is 19.1. The molecule has 0 bridgehead atoms. The van der Waals surface area contributed by atoms with Gasteiger partial charge in [-0.25, -0.2) is 9.78 Å². The van der Waals surface area contributed by atoms with Crippen molar-refractivity contribution in [3.63, 3.8) is 0 Å². The third kappa shape index (κ3) is 5.32. The molecule has 10 nitrogen and oxygen atoms in total. The molecule has 3 N–H and O–H groups in total. The predicted molar refractivity (Wildman–Crippen MR) is 121 cm³/mol. The van der Waals surface area contributed by atoms with Crippen LogP contribution in [0, 0.1) is 12.8 Å². The second-order valence-electron chi connectivity index (χ2n) is 9.29. The van der Waals surface area contributed by atoms with E-state index in [1.807, 2.05) is 19.1 Å². The fraction of sp³-hybridized carbons (Fsp3) is 0.609. The fourth-order valence-corrected chi connectivity index (χ4v) is 4.97. The monoisotopic (exact) mass is 456 g/mol. The van der Waals surface area contributed by atoms with Gasteiger partial charge in [-0.05, 0) is 51.3 Å². The van der Waals surface area contributed by atoms with E-state index in [2.05, 4.69) is 25.9 Å². The number of hydrazine groups is 1. The molecule has 0 radical (unpaired) electrons. The molecule has 1 aliphatic carbocycles. The van der Waals surface area contributed by atoms with Gasteiger partial charge >= 0.3 is 6.03 Å². The van der Waals surface area contributed by atoms with E-state index in [0.29, 0.717) is 31.7 Å². The van der Waals surface area contributed by atoms with Crippen LogP contribution in [0.25, 0.3) is 0 Å². The van der Waals surface area contributed by atoms with Crippen LogP contribution in [0.2, 0.25) is 0 Å². The molecule has 3 fully saturated rings. The lowest BCUT2D eigenvalue weighted by Crippen LogP contribution is -2.51. The molecule has 0 aromatic carbocycles. The predicted octanol–water partition coefficient (Wildman–Crippen LogP) is 1.72. The highest BCUT2D eigenvalue weighted by molar-refractivity contribution is 6.08. The highest BCUT2D eigenvalue weighted by Crippen LogP contribution is 2.33. The number of nitrogens with zero attached hydrogens (tertiary/aromatic N) is 3. The Morgan fingerprint density at radius 2 is 1.97 bits per heavy atom. The van der Waals surface area contributed by atoms with Gasteiger partial charge in [0.1, 0.15) is 11.4 Å².